The van der Waals surface area contributed by atoms with Gasteiger partial charge < -0.3 is 4.90 Å². The van der Waals surface area contributed by atoms with E-state index in [9.17, 15) is 9.59 Å². The van der Waals surface area contributed by atoms with Crippen LogP contribution in [0.4, 0.5) is 0 Å². The summed E-state index contributed by atoms with van der Waals surface area (Å²) in [6, 6.07) is 7.84. The highest BCUT2D eigenvalue weighted by molar-refractivity contribution is 7.99. The molecule has 1 aromatic carbocycles. The Morgan fingerprint density at radius 1 is 1.31 bits per heavy atom. The van der Waals surface area contributed by atoms with E-state index in [1.165, 1.54) is 18.2 Å². The topological polar surface area (TPSA) is 55.2 Å². The molecule has 1 saturated heterocycles. The summed E-state index contributed by atoms with van der Waals surface area (Å²) in [6.07, 6.45) is 4.95. The van der Waals surface area contributed by atoms with Crippen molar-refractivity contribution in [1.82, 2.24) is 14.5 Å². The van der Waals surface area contributed by atoms with Gasteiger partial charge in [0.05, 0.1) is 16.7 Å². The van der Waals surface area contributed by atoms with Crippen molar-refractivity contribution in [1.29, 1.82) is 0 Å². The average molecular weight is 372 g/mol. The summed E-state index contributed by atoms with van der Waals surface area (Å²) < 4.78 is 1.59. The minimum atomic E-state index is -0.0924. The molecule has 0 spiro atoms. The Morgan fingerprint density at radius 2 is 2.00 bits per heavy atom. The Bertz CT molecular complexity index is 867. The summed E-state index contributed by atoms with van der Waals surface area (Å²) in [5.74, 6) is 0.402. The molecule has 2 aromatic rings. The summed E-state index contributed by atoms with van der Waals surface area (Å²) >= 11 is 1.33. The standard InChI is InChI=1S/C20H25N3O2S/c1-4-12-22-19(25)16-10-5-6-11-17(16)21-20(22)26-13-18(24)23-14(2)8-7-9-15(23)3/h4-6,10-11,14-15H,1,7-9,12-13H2,2-3H3/t14-,15+. The summed E-state index contributed by atoms with van der Waals surface area (Å²) in [5, 5.41) is 1.16. The largest absolute Gasteiger partial charge is 0.337 e. The Balaban J connectivity index is 1.86. The number of fused-ring (bicyclic) bond motifs is 1. The van der Waals surface area contributed by atoms with Gasteiger partial charge in [0.2, 0.25) is 5.91 Å². The van der Waals surface area contributed by atoms with Crippen molar-refractivity contribution in [3.8, 4) is 0 Å². The fraction of sp³-hybridized carbons (Fsp3) is 0.450. The molecule has 2 heterocycles. The molecule has 1 aliphatic rings. The van der Waals surface area contributed by atoms with E-state index in [4.69, 9.17) is 0 Å². The van der Waals surface area contributed by atoms with Gasteiger partial charge in [0.15, 0.2) is 5.16 Å². The van der Waals surface area contributed by atoms with E-state index in [2.05, 4.69) is 25.4 Å². The molecule has 0 aliphatic carbocycles. The lowest BCUT2D eigenvalue weighted by Crippen LogP contribution is -2.48. The number of carbonyl (C=O) groups is 1. The van der Waals surface area contributed by atoms with Gasteiger partial charge in [-0.1, -0.05) is 30.0 Å². The van der Waals surface area contributed by atoms with Crippen LogP contribution in [0, 0.1) is 0 Å². The molecule has 138 valence electrons. The zero-order valence-corrected chi connectivity index (χ0v) is 16.2. The molecule has 26 heavy (non-hydrogen) atoms. The highest BCUT2D eigenvalue weighted by Crippen LogP contribution is 2.25. The van der Waals surface area contributed by atoms with E-state index in [1.54, 1.807) is 16.7 Å². The first kappa shape index (κ1) is 18.7. The van der Waals surface area contributed by atoms with Crippen LogP contribution < -0.4 is 5.56 Å². The number of thioether (sulfide) groups is 1. The van der Waals surface area contributed by atoms with Crippen molar-refractivity contribution in [2.24, 2.45) is 0 Å². The van der Waals surface area contributed by atoms with Gasteiger partial charge in [-0.25, -0.2) is 4.98 Å². The second kappa shape index (κ2) is 8.08. The van der Waals surface area contributed by atoms with Gasteiger partial charge in [0.1, 0.15) is 0 Å². The van der Waals surface area contributed by atoms with Crippen LogP contribution in [-0.4, -0.2) is 38.2 Å². The van der Waals surface area contributed by atoms with Gasteiger partial charge in [-0.15, -0.1) is 6.58 Å². The first-order chi connectivity index (χ1) is 12.5. The first-order valence-electron chi connectivity index (χ1n) is 9.07. The molecule has 1 amide bonds. The van der Waals surface area contributed by atoms with Gasteiger partial charge in [0, 0.05) is 18.6 Å². The van der Waals surface area contributed by atoms with E-state index < -0.39 is 0 Å². The molecular formula is C20H25N3O2S. The third kappa shape index (κ3) is 3.70. The number of likely N-dealkylation sites (tertiary alicyclic amines) is 1. The molecule has 0 saturated carbocycles. The minimum absolute atomic E-state index is 0.0924. The number of amides is 1. The summed E-state index contributed by atoms with van der Waals surface area (Å²) in [7, 11) is 0. The van der Waals surface area contributed by atoms with E-state index in [-0.39, 0.29) is 29.3 Å². The quantitative estimate of drug-likeness (QED) is 0.459. The predicted molar refractivity (Wildman–Crippen MR) is 107 cm³/mol. The maximum atomic E-state index is 12.8. The van der Waals surface area contributed by atoms with Gasteiger partial charge in [0.25, 0.3) is 5.56 Å². The lowest BCUT2D eigenvalue weighted by atomic mass is 9.98. The van der Waals surface area contributed by atoms with Gasteiger partial charge in [-0.2, -0.15) is 0 Å². The van der Waals surface area contributed by atoms with Crippen LogP contribution in [0.2, 0.25) is 0 Å². The lowest BCUT2D eigenvalue weighted by molar-refractivity contribution is -0.134. The predicted octanol–water partition coefficient (Wildman–Crippen LogP) is 3.46. The van der Waals surface area contributed by atoms with Crippen LogP contribution in [0.25, 0.3) is 10.9 Å². The molecule has 1 aromatic heterocycles. The van der Waals surface area contributed by atoms with Gasteiger partial charge >= 0.3 is 0 Å². The number of piperidine rings is 1. The first-order valence-corrected chi connectivity index (χ1v) is 10.1. The lowest BCUT2D eigenvalue weighted by Gasteiger charge is -2.39. The maximum Gasteiger partial charge on any atom is 0.262 e. The molecule has 2 atom stereocenters. The molecule has 0 unspecified atom stereocenters. The monoisotopic (exact) mass is 371 g/mol. The summed E-state index contributed by atoms with van der Waals surface area (Å²) in [4.78, 5) is 32.1. The molecule has 6 heteroatoms. The van der Waals surface area contributed by atoms with Crippen molar-refractivity contribution in [3.63, 3.8) is 0 Å². The zero-order chi connectivity index (χ0) is 18.7. The highest BCUT2D eigenvalue weighted by Gasteiger charge is 2.29. The summed E-state index contributed by atoms with van der Waals surface area (Å²) in [5.41, 5.74) is 0.567. The van der Waals surface area contributed by atoms with Crippen LogP contribution in [0.15, 0.2) is 46.9 Å². The zero-order valence-electron chi connectivity index (χ0n) is 15.4. The average Bonchev–Trinajstić information content (AvgIpc) is 2.62. The van der Waals surface area contributed by atoms with Crippen molar-refractivity contribution in [2.75, 3.05) is 5.75 Å². The Labute approximate surface area is 158 Å². The number of hydrogen-bond acceptors (Lipinski definition) is 4. The Kier molecular flexibility index (Phi) is 5.81. The van der Waals surface area contributed by atoms with Crippen LogP contribution in [-0.2, 0) is 11.3 Å². The van der Waals surface area contributed by atoms with Crippen LogP contribution in [0.1, 0.15) is 33.1 Å². The van der Waals surface area contributed by atoms with E-state index in [0.29, 0.717) is 22.6 Å². The van der Waals surface area contributed by atoms with Crippen molar-refractivity contribution < 1.29 is 4.79 Å². The second-order valence-electron chi connectivity index (χ2n) is 6.83. The molecule has 0 bridgehead atoms. The van der Waals surface area contributed by atoms with Gasteiger partial charge in [-0.05, 0) is 45.2 Å². The van der Waals surface area contributed by atoms with Crippen LogP contribution >= 0.6 is 11.8 Å². The van der Waals surface area contributed by atoms with Crippen molar-refractivity contribution in [2.45, 2.75) is 56.9 Å². The molecule has 1 aliphatic heterocycles. The fourth-order valence-electron chi connectivity index (χ4n) is 3.66. The molecule has 0 N–H and O–H groups in total. The number of nitrogens with zero attached hydrogens (tertiary/aromatic N) is 3. The van der Waals surface area contributed by atoms with E-state index >= 15 is 0 Å². The number of aromatic nitrogens is 2. The SMILES string of the molecule is C=CCn1c(SCC(=O)N2[C@H](C)CCC[C@@H]2C)nc2ccccc2c1=O. The fourth-order valence-corrected chi connectivity index (χ4v) is 4.54. The van der Waals surface area contributed by atoms with Crippen molar-refractivity contribution in [3.05, 3.63) is 47.3 Å². The van der Waals surface area contributed by atoms with Crippen molar-refractivity contribution >= 4 is 28.6 Å². The third-order valence-electron chi connectivity index (χ3n) is 4.94. The second-order valence-corrected chi connectivity index (χ2v) is 7.78. The molecular weight excluding hydrogens is 346 g/mol. The summed E-state index contributed by atoms with van der Waals surface area (Å²) in [6.45, 7) is 8.34. The third-order valence-corrected chi connectivity index (χ3v) is 5.91. The Morgan fingerprint density at radius 3 is 2.69 bits per heavy atom. The van der Waals surface area contributed by atoms with E-state index in [1.807, 2.05) is 23.1 Å². The normalized spacial score (nSPS) is 20.3. The maximum absolute atomic E-state index is 12.8. The number of hydrogen-bond donors (Lipinski definition) is 0. The number of carbonyl (C=O) groups excluding carboxylic acids is 1. The molecule has 0 radical (unpaired) electrons. The number of benzene rings is 1. The Hall–Kier alpha value is -2.08. The molecule has 3 rings (SSSR count). The van der Waals surface area contributed by atoms with Crippen LogP contribution in [0.3, 0.4) is 0 Å². The number of para-hydroxylation sites is 1. The molecule has 5 nitrogen and oxygen atoms in total. The van der Waals surface area contributed by atoms with E-state index in [0.717, 1.165) is 12.8 Å². The van der Waals surface area contributed by atoms with Crippen LogP contribution in [0.5, 0.6) is 0 Å². The minimum Gasteiger partial charge on any atom is -0.337 e. The number of allylic oxidation sites excluding steroid dienone is 1. The molecule has 1 fully saturated rings. The van der Waals surface area contributed by atoms with Gasteiger partial charge in [-0.3, -0.25) is 14.2 Å². The smallest absolute Gasteiger partial charge is 0.262 e. The highest BCUT2D eigenvalue weighted by atomic mass is 32.2. The number of rotatable bonds is 5.